The maximum atomic E-state index is 12.7. The Bertz CT molecular complexity index is 1150. The number of rotatable bonds is 11. The number of amides is 1. The summed E-state index contributed by atoms with van der Waals surface area (Å²) in [6.07, 6.45) is 2.13. The summed E-state index contributed by atoms with van der Waals surface area (Å²) in [5, 5.41) is 18.2. The van der Waals surface area contributed by atoms with Crippen LogP contribution in [0.1, 0.15) is 29.5 Å². The van der Waals surface area contributed by atoms with E-state index in [0.29, 0.717) is 29.2 Å². The van der Waals surface area contributed by atoms with Crippen molar-refractivity contribution in [3.8, 4) is 22.6 Å². The number of nitrogen functional groups attached to an aromatic ring is 2. The fourth-order valence-corrected chi connectivity index (χ4v) is 3.58. The predicted molar refractivity (Wildman–Crippen MR) is 136 cm³/mol. The Morgan fingerprint density at radius 2 is 1.47 bits per heavy atom. The van der Waals surface area contributed by atoms with E-state index in [9.17, 15) is 4.79 Å². The maximum Gasteiger partial charge on any atom is 0.224 e. The summed E-state index contributed by atoms with van der Waals surface area (Å²) >= 11 is 0. The van der Waals surface area contributed by atoms with Gasteiger partial charge in [-0.1, -0.05) is 48.5 Å². The van der Waals surface area contributed by atoms with Crippen molar-refractivity contribution in [3.05, 3.63) is 71.3 Å². The van der Waals surface area contributed by atoms with Crippen LogP contribution in [0.15, 0.2) is 59.0 Å². The van der Waals surface area contributed by atoms with Crippen LogP contribution in [0.25, 0.3) is 22.6 Å². The largest absolute Gasteiger partial charge is 0.456 e. The lowest BCUT2D eigenvalue weighted by Crippen LogP contribution is -2.26. The van der Waals surface area contributed by atoms with Crippen LogP contribution in [0, 0.1) is 10.8 Å². The zero-order valence-electron chi connectivity index (χ0n) is 19.7. The highest BCUT2D eigenvalue weighted by atomic mass is 16.3. The Morgan fingerprint density at radius 1 is 0.912 bits per heavy atom. The van der Waals surface area contributed by atoms with Crippen molar-refractivity contribution in [1.29, 1.82) is 10.8 Å². The number of nitrogens with one attached hydrogen (secondary N) is 3. The van der Waals surface area contributed by atoms with Gasteiger partial charge in [-0.15, -0.1) is 0 Å². The first-order valence-electron chi connectivity index (χ1n) is 11.2. The Labute approximate surface area is 200 Å². The molecule has 0 bridgehead atoms. The Hall–Kier alpha value is -3.91. The molecule has 3 rings (SSSR count). The van der Waals surface area contributed by atoms with Crippen LogP contribution in [0.5, 0.6) is 0 Å². The van der Waals surface area contributed by atoms with Gasteiger partial charge in [-0.3, -0.25) is 15.6 Å². The first-order chi connectivity index (χ1) is 16.2. The molecule has 34 heavy (non-hydrogen) atoms. The summed E-state index contributed by atoms with van der Waals surface area (Å²) in [5.41, 5.74) is 14.8. The first kappa shape index (κ1) is 24.7. The van der Waals surface area contributed by atoms with Crippen LogP contribution in [0.2, 0.25) is 0 Å². The fourth-order valence-electron chi connectivity index (χ4n) is 3.58. The SMILES string of the molecule is CN(C)CCCCNC(=O)Cc1cc(-c2ccc(C(=N)N)cc2)oc1-c1ccc(C(=N)N)cc1. The van der Waals surface area contributed by atoms with Crippen molar-refractivity contribution in [3.63, 3.8) is 0 Å². The summed E-state index contributed by atoms with van der Waals surface area (Å²) in [6, 6.07) is 16.3. The van der Waals surface area contributed by atoms with Gasteiger partial charge in [0.2, 0.25) is 5.91 Å². The minimum Gasteiger partial charge on any atom is -0.456 e. The van der Waals surface area contributed by atoms with E-state index in [1.807, 2.05) is 44.4 Å². The monoisotopic (exact) mass is 460 g/mol. The van der Waals surface area contributed by atoms with E-state index >= 15 is 0 Å². The lowest BCUT2D eigenvalue weighted by molar-refractivity contribution is -0.120. The highest BCUT2D eigenvalue weighted by Crippen LogP contribution is 2.33. The minimum atomic E-state index is -0.0641. The Morgan fingerprint density at radius 3 is 2.00 bits per heavy atom. The van der Waals surface area contributed by atoms with Gasteiger partial charge >= 0.3 is 0 Å². The number of amidine groups is 2. The lowest BCUT2D eigenvalue weighted by Gasteiger charge is -2.09. The number of hydrogen-bond donors (Lipinski definition) is 5. The highest BCUT2D eigenvalue weighted by molar-refractivity contribution is 5.96. The van der Waals surface area contributed by atoms with Crippen molar-refractivity contribution < 1.29 is 9.21 Å². The van der Waals surface area contributed by atoms with E-state index in [-0.39, 0.29) is 24.0 Å². The number of unbranched alkanes of at least 4 members (excludes halogenated alkanes) is 1. The van der Waals surface area contributed by atoms with Crippen LogP contribution < -0.4 is 16.8 Å². The van der Waals surface area contributed by atoms with Gasteiger partial charge in [0.25, 0.3) is 0 Å². The van der Waals surface area contributed by atoms with Gasteiger partial charge < -0.3 is 26.1 Å². The number of nitrogens with zero attached hydrogens (tertiary/aromatic N) is 1. The van der Waals surface area contributed by atoms with Crippen LogP contribution >= 0.6 is 0 Å². The van der Waals surface area contributed by atoms with Gasteiger partial charge in [-0.2, -0.15) is 0 Å². The second kappa shape index (κ2) is 11.3. The van der Waals surface area contributed by atoms with Gasteiger partial charge in [0.05, 0.1) is 6.42 Å². The van der Waals surface area contributed by atoms with Crippen LogP contribution in [-0.4, -0.2) is 49.7 Å². The molecule has 1 heterocycles. The van der Waals surface area contributed by atoms with Gasteiger partial charge in [0.1, 0.15) is 23.2 Å². The topological polar surface area (TPSA) is 145 Å². The van der Waals surface area contributed by atoms with Crippen molar-refractivity contribution in [2.24, 2.45) is 11.5 Å². The number of hydrogen-bond acceptors (Lipinski definition) is 5. The zero-order chi connectivity index (χ0) is 24.7. The normalized spacial score (nSPS) is 10.9. The molecular weight excluding hydrogens is 428 g/mol. The highest BCUT2D eigenvalue weighted by Gasteiger charge is 2.17. The molecule has 0 atom stereocenters. The number of carbonyl (C=O) groups excluding carboxylic acids is 1. The number of nitrogens with two attached hydrogens (primary N) is 2. The molecule has 0 fully saturated rings. The third kappa shape index (κ3) is 6.55. The average molecular weight is 461 g/mol. The molecule has 0 spiro atoms. The standard InChI is InChI=1S/C26H32N6O2/c1-32(2)14-4-3-13-31-23(33)16-21-15-22(17-5-9-19(10-6-17)25(27)28)34-24(21)18-7-11-20(12-8-18)26(29)30/h5-12,15H,3-4,13-14,16H2,1-2H3,(H3,27,28)(H3,29,30)(H,31,33). The maximum absolute atomic E-state index is 12.7. The van der Waals surface area contributed by atoms with Crippen LogP contribution in [-0.2, 0) is 11.2 Å². The molecule has 178 valence electrons. The smallest absolute Gasteiger partial charge is 0.224 e. The molecule has 0 radical (unpaired) electrons. The molecule has 8 heteroatoms. The average Bonchev–Trinajstić information content (AvgIpc) is 3.22. The molecular formula is C26H32N6O2. The second-order valence-electron chi connectivity index (χ2n) is 8.48. The summed E-state index contributed by atoms with van der Waals surface area (Å²) in [4.78, 5) is 14.8. The predicted octanol–water partition coefficient (Wildman–Crippen LogP) is 3.18. The molecule has 0 aliphatic carbocycles. The van der Waals surface area contributed by atoms with Gasteiger partial charge in [-0.05, 0) is 39.5 Å². The molecule has 0 unspecified atom stereocenters. The minimum absolute atomic E-state index is 0.000173. The summed E-state index contributed by atoms with van der Waals surface area (Å²) in [7, 11) is 4.07. The van der Waals surface area contributed by atoms with E-state index in [2.05, 4.69) is 10.2 Å². The van der Waals surface area contributed by atoms with E-state index in [4.69, 9.17) is 26.7 Å². The van der Waals surface area contributed by atoms with E-state index in [1.165, 1.54) is 0 Å². The summed E-state index contributed by atoms with van der Waals surface area (Å²) < 4.78 is 6.20. The molecule has 1 aromatic heterocycles. The molecule has 8 nitrogen and oxygen atoms in total. The van der Waals surface area contributed by atoms with Crippen molar-refractivity contribution in [2.45, 2.75) is 19.3 Å². The van der Waals surface area contributed by atoms with E-state index < -0.39 is 0 Å². The molecule has 0 saturated heterocycles. The van der Waals surface area contributed by atoms with E-state index in [0.717, 1.165) is 36.1 Å². The van der Waals surface area contributed by atoms with Crippen molar-refractivity contribution in [1.82, 2.24) is 10.2 Å². The van der Waals surface area contributed by atoms with Gasteiger partial charge in [0, 0.05) is 34.4 Å². The number of benzene rings is 2. The number of furan rings is 1. The van der Waals surface area contributed by atoms with Gasteiger partial charge in [-0.25, -0.2) is 0 Å². The molecule has 1 amide bonds. The van der Waals surface area contributed by atoms with Crippen LogP contribution in [0.3, 0.4) is 0 Å². The first-order valence-corrected chi connectivity index (χ1v) is 11.2. The lowest BCUT2D eigenvalue weighted by atomic mass is 10.0. The summed E-state index contributed by atoms with van der Waals surface area (Å²) in [6.45, 7) is 1.62. The quantitative estimate of drug-likeness (QED) is 0.169. The fraction of sp³-hybridized carbons (Fsp3) is 0.269. The van der Waals surface area contributed by atoms with Crippen LogP contribution in [0.4, 0.5) is 0 Å². The van der Waals surface area contributed by atoms with Crippen molar-refractivity contribution in [2.75, 3.05) is 27.2 Å². The summed E-state index contributed by atoms with van der Waals surface area (Å²) in [5.74, 6) is 1.15. The molecule has 0 aliphatic heterocycles. The molecule has 7 N–H and O–H groups in total. The Balaban J connectivity index is 1.83. The zero-order valence-corrected chi connectivity index (χ0v) is 19.7. The molecule has 0 saturated carbocycles. The van der Waals surface area contributed by atoms with E-state index in [1.54, 1.807) is 24.3 Å². The molecule has 3 aromatic rings. The number of carbonyl (C=O) groups is 1. The van der Waals surface area contributed by atoms with Gasteiger partial charge in [0.15, 0.2) is 0 Å². The Kier molecular flexibility index (Phi) is 8.21. The third-order valence-electron chi connectivity index (χ3n) is 5.45. The van der Waals surface area contributed by atoms with Crippen molar-refractivity contribution >= 4 is 17.6 Å². The molecule has 0 aliphatic rings. The molecule has 2 aromatic carbocycles. The third-order valence-corrected chi connectivity index (χ3v) is 5.45. The second-order valence-corrected chi connectivity index (χ2v) is 8.48.